The van der Waals surface area contributed by atoms with Crippen molar-refractivity contribution in [3.05, 3.63) is 108 Å². The first-order chi connectivity index (χ1) is 22.7. The van der Waals surface area contributed by atoms with E-state index in [9.17, 15) is 0 Å². The topological polar surface area (TPSA) is 58.0 Å². The van der Waals surface area contributed by atoms with Gasteiger partial charge in [0.05, 0.1) is 11.4 Å². The number of unbranched alkanes of at least 4 members (excludes halogenated alkanes) is 1. The van der Waals surface area contributed by atoms with Gasteiger partial charge in [-0.2, -0.15) is 0 Å². The number of imidazole rings is 1. The summed E-state index contributed by atoms with van der Waals surface area (Å²) < 4.78 is 25.1. The third-order valence-corrected chi connectivity index (χ3v) is 9.23. The molecule has 236 valence electrons. The molecule has 7 nitrogen and oxygen atoms in total. The second-order valence-corrected chi connectivity index (χ2v) is 12.9. The number of benzene rings is 4. The molecule has 0 unspecified atom stereocenters. The Morgan fingerprint density at radius 3 is 1.93 bits per heavy atom. The molecular weight excluding hydrogens is 595 g/mol. The Kier molecular flexibility index (Phi) is 9.17. The minimum atomic E-state index is 0.261. The summed E-state index contributed by atoms with van der Waals surface area (Å²) in [7, 11) is 0. The summed E-state index contributed by atoms with van der Waals surface area (Å²) in [6, 6.07) is 32.0. The van der Waals surface area contributed by atoms with Crippen molar-refractivity contribution in [2.24, 2.45) is 0 Å². The molecule has 0 atom stereocenters. The quantitative estimate of drug-likeness (QED) is 0.120. The summed E-state index contributed by atoms with van der Waals surface area (Å²) in [6.07, 6.45) is 2.17. The van der Waals surface area contributed by atoms with Gasteiger partial charge in [-0.3, -0.25) is 4.90 Å². The minimum absolute atomic E-state index is 0.261. The van der Waals surface area contributed by atoms with Gasteiger partial charge in [0.1, 0.15) is 5.82 Å². The molecule has 46 heavy (non-hydrogen) atoms. The molecule has 0 aliphatic carbocycles. The number of thioether (sulfide) groups is 1. The van der Waals surface area contributed by atoms with Crippen LogP contribution in [0, 0.1) is 0 Å². The highest BCUT2D eigenvalue weighted by Crippen LogP contribution is 2.37. The van der Waals surface area contributed by atoms with E-state index in [0.29, 0.717) is 6.54 Å². The summed E-state index contributed by atoms with van der Waals surface area (Å²) in [5.74, 6) is 5.24. The molecule has 0 saturated heterocycles. The van der Waals surface area contributed by atoms with Crippen molar-refractivity contribution in [1.29, 1.82) is 0 Å². The van der Waals surface area contributed by atoms with Crippen LogP contribution in [-0.2, 0) is 26.2 Å². The van der Waals surface area contributed by atoms with E-state index in [0.717, 1.165) is 95.0 Å². The van der Waals surface area contributed by atoms with Gasteiger partial charge in [-0.15, -0.1) is 11.8 Å². The fourth-order valence-corrected chi connectivity index (χ4v) is 6.75. The first-order valence-electron chi connectivity index (χ1n) is 16.1. The number of rotatable bonds is 13. The van der Waals surface area contributed by atoms with Crippen molar-refractivity contribution in [3.8, 4) is 45.6 Å². The predicted molar refractivity (Wildman–Crippen MR) is 182 cm³/mol. The summed E-state index contributed by atoms with van der Waals surface area (Å²) in [5.41, 5.74) is 6.83. The molecule has 3 heterocycles. The van der Waals surface area contributed by atoms with Crippen LogP contribution in [-0.4, -0.2) is 33.8 Å². The standard InChI is InChI=1S/C38H39N3O4S/c1-3-5-19-41-32(37(29-13-15-31(16-14-29)46-4-2)39-38(41)30-9-7-6-8-10-30)24-40(22-27-11-17-33-35(20-27)44-25-42-33)23-28-12-18-34-36(21-28)45-26-43-34/h6-18,20-21H,3-5,19,22-26H2,1-2H3. The Morgan fingerprint density at radius 1 is 0.696 bits per heavy atom. The van der Waals surface area contributed by atoms with E-state index in [4.69, 9.17) is 23.9 Å². The third kappa shape index (κ3) is 6.59. The van der Waals surface area contributed by atoms with Crippen molar-refractivity contribution in [2.75, 3.05) is 19.3 Å². The van der Waals surface area contributed by atoms with Crippen molar-refractivity contribution in [3.63, 3.8) is 0 Å². The third-order valence-electron chi connectivity index (χ3n) is 8.34. The van der Waals surface area contributed by atoms with Crippen molar-refractivity contribution in [2.45, 2.75) is 57.8 Å². The van der Waals surface area contributed by atoms with Crippen molar-refractivity contribution in [1.82, 2.24) is 14.5 Å². The normalized spacial score (nSPS) is 13.1. The number of hydrogen-bond acceptors (Lipinski definition) is 7. The van der Waals surface area contributed by atoms with Crippen LogP contribution < -0.4 is 18.9 Å². The molecule has 7 rings (SSSR count). The Bertz CT molecular complexity index is 1730. The number of hydrogen-bond donors (Lipinski definition) is 0. The molecular formula is C38H39N3O4S. The summed E-state index contributed by atoms with van der Waals surface area (Å²) in [4.78, 5) is 9.15. The van der Waals surface area contributed by atoms with Crippen LogP contribution in [0.5, 0.6) is 23.0 Å². The van der Waals surface area contributed by atoms with Gasteiger partial charge in [0.25, 0.3) is 0 Å². The lowest BCUT2D eigenvalue weighted by atomic mass is 10.1. The number of fused-ring (bicyclic) bond motifs is 2. The smallest absolute Gasteiger partial charge is 0.231 e. The van der Waals surface area contributed by atoms with E-state index in [2.05, 4.69) is 102 Å². The number of nitrogens with zero attached hydrogens (tertiary/aromatic N) is 3. The van der Waals surface area contributed by atoms with Gasteiger partial charge in [0.2, 0.25) is 13.6 Å². The lowest BCUT2D eigenvalue weighted by molar-refractivity contribution is 0.173. The molecule has 5 aromatic rings. The van der Waals surface area contributed by atoms with Crippen LogP contribution in [0.3, 0.4) is 0 Å². The Morgan fingerprint density at radius 2 is 1.33 bits per heavy atom. The van der Waals surface area contributed by atoms with E-state index >= 15 is 0 Å². The molecule has 0 N–H and O–H groups in total. The summed E-state index contributed by atoms with van der Waals surface area (Å²) in [6.45, 7) is 7.99. The molecule has 0 bridgehead atoms. The monoisotopic (exact) mass is 633 g/mol. The van der Waals surface area contributed by atoms with Crippen LogP contribution in [0.1, 0.15) is 43.5 Å². The SMILES string of the molecule is CCCCn1c(-c2ccccc2)nc(-c2ccc(SCC)cc2)c1CN(Cc1ccc2c(c1)OCO2)Cc1ccc2c(c1)OCO2. The summed E-state index contributed by atoms with van der Waals surface area (Å²) >= 11 is 1.86. The van der Waals surface area contributed by atoms with E-state index in [1.807, 2.05) is 23.9 Å². The maximum Gasteiger partial charge on any atom is 0.231 e. The fourth-order valence-electron chi connectivity index (χ4n) is 6.09. The highest BCUT2D eigenvalue weighted by Gasteiger charge is 2.24. The molecule has 2 aliphatic heterocycles. The van der Waals surface area contributed by atoms with Crippen molar-refractivity contribution >= 4 is 11.8 Å². The molecule has 0 radical (unpaired) electrons. The molecule has 8 heteroatoms. The van der Waals surface area contributed by atoms with Gasteiger partial charge in [0, 0.05) is 42.2 Å². The Hall–Kier alpha value is -4.40. The van der Waals surface area contributed by atoms with E-state index in [-0.39, 0.29) is 13.6 Å². The zero-order chi connectivity index (χ0) is 31.3. The highest BCUT2D eigenvalue weighted by atomic mass is 32.2. The lowest BCUT2D eigenvalue weighted by Gasteiger charge is -2.25. The molecule has 0 saturated carbocycles. The second kappa shape index (κ2) is 13.9. The molecule has 4 aromatic carbocycles. The predicted octanol–water partition coefficient (Wildman–Crippen LogP) is 8.79. The zero-order valence-electron chi connectivity index (χ0n) is 26.4. The van der Waals surface area contributed by atoms with E-state index in [1.165, 1.54) is 10.6 Å². The van der Waals surface area contributed by atoms with Crippen LogP contribution in [0.2, 0.25) is 0 Å². The maximum absolute atomic E-state index is 5.74. The molecule has 1 aromatic heterocycles. The average molecular weight is 634 g/mol. The maximum atomic E-state index is 5.74. The van der Waals surface area contributed by atoms with Crippen LogP contribution >= 0.6 is 11.8 Å². The van der Waals surface area contributed by atoms with Crippen LogP contribution in [0.25, 0.3) is 22.6 Å². The van der Waals surface area contributed by atoms with Gasteiger partial charge in [-0.25, -0.2) is 4.98 Å². The Labute approximate surface area is 275 Å². The molecule has 0 amide bonds. The van der Waals surface area contributed by atoms with Gasteiger partial charge >= 0.3 is 0 Å². The zero-order valence-corrected chi connectivity index (χ0v) is 27.2. The largest absolute Gasteiger partial charge is 0.454 e. The van der Waals surface area contributed by atoms with Gasteiger partial charge in [-0.05, 0) is 59.7 Å². The van der Waals surface area contributed by atoms with Gasteiger partial charge < -0.3 is 23.5 Å². The van der Waals surface area contributed by atoms with Crippen LogP contribution in [0.15, 0.2) is 95.9 Å². The minimum Gasteiger partial charge on any atom is -0.454 e. The fraction of sp³-hybridized carbons (Fsp3) is 0.289. The molecule has 2 aliphatic rings. The lowest BCUT2D eigenvalue weighted by Crippen LogP contribution is -2.24. The van der Waals surface area contributed by atoms with E-state index in [1.54, 1.807) is 0 Å². The average Bonchev–Trinajstić information content (AvgIpc) is 3.83. The second-order valence-electron chi connectivity index (χ2n) is 11.6. The van der Waals surface area contributed by atoms with Crippen molar-refractivity contribution < 1.29 is 18.9 Å². The van der Waals surface area contributed by atoms with E-state index < -0.39 is 0 Å². The molecule has 0 spiro atoms. The first kappa shape index (κ1) is 30.3. The number of ether oxygens (including phenoxy) is 4. The number of aromatic nitrogens is 2. The Balaban J connectivity index is 1.31. The van der Waals surface area contributed by atoms with Crippen LogP contribution in [0.4, 0.5) is 0 Å². The summed E-state index contributed by atoms with van der Waals surface area (Å²) in [5, 5.41) is 0. The first-order valence-corrected chi connectivity index (χ1v) is 17.0. The molecule has 0 fully saturated rings. The highest BCUT2D eigenvalue weighted by molar-refractivity contribution is 7.99. The van der Waals surface area contributed by atoms with Gasteiger partial charge in [0.15, 0.2) is 23.0 Å². The van der Waals surface area contributed by atoms with Gasteiger partial charge in [-0.1, -0.05) is 74.9 Å².